The van der Waals surface area contributed by atoms with Crippen LogP contribution in [0.15, 0.2) is 97.1 Å². The van der Waals surface area contributed by atoms with Crippen molar-refractivity contribution in [2.45, 2.75) is 170 Å². The standard InChI is InChI=1S/C44H42F3NO10.C29H33NO10.4CH4/c1-22-23(2)57-33(20-29(22)48-42(54)44(45,46)47)58-32-19-24(30(49)21-56-43(3,25-12-7-5-8-13-25)26-14-9-6-10-15-26)18-28-35(32)41(53)37-36(39(28)51)38(50)27-16-11-17-31(55-4)34(27)40(37)52;1-4-38-29-15-8-13(17(32)11-31)9-19(40-20-10-16(30)25(33)12(2)39-20)22(15)28(36)23-24(29)26(34)14-6-5-7-18(37-3)21(14)27(23)35;;;;/h5-17,22-24,29,32-33,51,53H,18-21H2,1-4H3,(H,48,54);5-7,12-13,16,19-20,25,31,33,36H,4,8-11,30H2,1-3H3;4*1H4/t22-,23+,24-,29+,32+,33+;12-,13+,16-,19-,20-,25+;;;;/m10..../s1. The zero-order valence-electron chi connectivity index (χ0n) is 54.6. The molecule has 0 radical (unpaired) electrons. The molecule has 1 amide bonds. The number of hydrogen-bond donors (Lipinski definition) is 7. The van der Waals surface area contributed by atoms with Gasteiger partial charge >= 0.3 is 12.1 Å². The average molecular weight is 1420 g/mol. The second kappa shape index (κ2) is 32.2. The molecule has 0 bridgehead atoms. The number of phenols is 3. The van der Waals surface area contributed by atoms with E-state index in [2.05, 4.69) is 0 Å². The minimum Gasteiger partial charge on any atom is -0.507 e. The number of phenolic OH excluding ortho intramolecular Hbond substituents is 3. The minimum absolute atomic E-state index is 0. The lowest BCUT2D eigenvalue weighted by Crippen LogP contribution is -2.53. The van der Waals surface area contributed by atoms with Gasteiger partial charge in [-0.1, -0.05) is 122 Å². The van der Waals surface area contributed by atoms with Crippen LogP contribution in [0.2, 0.25) is 0 Å². The van der Waals surface area contributed by atoms with Gasteiger partial charge in [-0.15, -0.1) is 0 Å². The normalized spacial score (nSPS) is 23.9. The lowest BCUT2D eigenvalue weighted by Gasteiger charge is -2.42. The Morgan fingerprint density at radius 1 is 0.598 bits per heavy atom. The van der Waals surface area contributed by atoms with Crippen LogP contribution in [0.3, 0.4) is 0 Å². The zero-order valence-corrected chi connectivity index (χ0v) is 54.6. The highest BCUT2D eigenvalue weighted by Gasteiger charge is 2.50. The Morgan fingerprint density at radius 2 is 1.06 bits per heavy atom. The number of aliphatic hydroxyl groups is 2. The molecule has 0 spiro atoms. The fourth-order valence-electron chi connectivity index (χ4n) is 14.3. The van der Waals surface area contributed by atoms with Crippen LogP contribution in [0, 0.1) is 17.8 Å². The van der Waals surface area contributed by atoms with Crippen LogP contribution in [-0.4, -0.2) is 149 Å². The van der Waals surface area contributed by atoms with Gasteiger partial charge in [-0.3, -0.25) is 33.6 Å². The largest absolute Gasteiger partial charge is 0.507 e. The number of benzene rings is 6. The molecular formula is C77H91F3N2O20. The molecule has 12 rings (SSSR count). The molecule has 6 aliphatic rings. The highest BCUT2D eigenvalue weighted by atomic mass is 19.4. The van der Waals surface area contributed by atoms with Gasteiger partial charge in [-0.05, 0) is 76.6 Å². The molecule has 8 N–H and O–H groups in total. The van der Waals surface area contributed by atoms with Crippen LogP contribution < -0.4 is 25.3 Å². The maximum Gasteiger partial charge on any atom is 0.471 e. The molecule has 550 valence electrons. The summed E-state index contributed by atoms with van der Waals surface area (Å²) in [6, 6.07) is 26.0. The molecule has 0 unspecified atom stereocenters. The van der Waals surface area contributed by atoms with Crippen molar-refractivity contribution < 1.29 is 110 Å². The molecule has 102 heavy (non-hydrogen) atoms. The Morgan fingerprint density at radius 3 is 1.55 bits per heavy atom. The van der Waals surface area contributed by atoms with E-state index in [0.717, 1.165) is 11.1 Å². The van der Waals surface area contributed by atoms with Crippen LogP contribution in [0.5, 0.6) is 34.5 Å². The molecule has 6 aromatic carbocycles. The van der Waals surface area contributed by atoms with E-state index in [1.54, 1.807) is 39.8 Å². The number of methoxy groups -OCH3 is 2. The Hall–Kier alpha value is -8.92. The highest BCUT2D eigenvalue weighted by molar-refractivity contribution is 6.32. The van der Waals surface area contributed by atoms with Gasteiger partial charge in [0.05, 0.1) is 84.7 Å². The second-order valence-corrected chi connectivity index (χ2v) is 25.4. The molecule has 2 heterocycles. The van der Waals surface area contributed by atoms with Gasteiger partial charge in [0.1, 0.15) is 53.3 Å². The Labute approximate surface area is 590 Å². The Balaban J connectivity index is 0.000000292. The topological polar surface area (TPSA) is 333 Å². The van der Waals surface area contributed by atoms with Gasteiger partial charge in [0.15, 0.2) is 35.7 Å². The van der Waals surface area contributed by atoms with Crippen molar-refractivity contribution in [3.63, 3.8) is 0 Å². The number of ether oxygens (including phenoxy) is 8. The first kappa shape index (κ1) is 80.4. The van der Waals surface area contributed by atoms with E-state index in [1.165, 1.54) is 38.5 Å². The number of aromatic hydroxyl groups is 3. The first-order valence-electron chi connectivity index (χ1n) is 32.2. The van der Waals surface area contributed by atoms with Crippen molar-refractivity contribution in [1.82, 2.24) is 5.32 Å². The van der Waals surface area contributed by atoms with Gasteiger partial charge in [0.25, 0.3) is 0 Å². The van der Waals surface area contributed by atoms with Gasteiger partial charge in [0.2, 0.25) is 11.6 Å². The lowest BCUT2D eigenvalue weighted by molar-refractivity contribution is -0.243. The molecule has 2 fully saturated rings. The maximum atomic E-state index is 14.3. The molecule has 6 aromatic rings. The van der Waals surface area contributed by atoms with E-state index in [1.807, 2.05) is 72.9 Å². The number of nitrogens with one attached hydrogen (secondary N) is 1. The molecule has 2 saturated heterocycles. The summed E-state index contributed by atoms with van der Waals surface area (Å²) in [5.41, 5.74) is 5.77. The molecule has 4 aliphatic carbocycles. The van der Waals surface area contributed by atoms with E-state index in [9.17, 15) is 72.3 Å². The smallest absolute Gasteiger partial charge is 0.471 e. The number of ketones is 6. The fourth-order valence-corrected chi connectivity index (χ4v) is 14.3. The van der Waals surface area contributed by atoms with E-state index < -0.39 is 167 Å². The van der Waals surface area contributed by atoms with Gasteiger partial charge in [-0.2, -0.15) is 13.2 Å². The predicted molar refractivity (Wildman–Crippen MR) is 368 cm³/mol. The lowest BCUT2D eigenvalue weighted by atomic mass is 9.73. The number of fused-ring (bicyclic) bond motifs is 6. The van der Waals surface area contributed by atoms with Crippen LogP contribution in [-0.2, 0) is 56.5 Å². The van der Waals surface area contributed by atoms with E-state index in [-0.39, 0.29) is 142 Å². The molecule has 0 aromatic heterocycles. The van der Waals surface area contributed by atoms with Crippen molar-refractivity contribution in [2.24, 2.45) is 23.5 Å². The minimum atomic E-state index is -5.14. The summed E-state index contributed by atoms with van der Waals surface area (Å²) < 4.78 is 87.6. The number of nitrogens with two attached hydrogens (primary N) is 1. The van der Waals surface area contributed by atoms with Crippen molar-refractivity contribution in [1.29, 1.82) is 0 Å². The third-order valence-electron chi connectivity index (χ3n) is 19.7. The summed E-state index contributed by atoms with van der Waals surface area (Å²) >= 11 is 0. The van der Waals surface area contributed by atoms with Crippen molar-refractivity contribution in [2.75, 3.05) is 34.0 Å². The third kappa shape index (κ3) is 14.7. The maximum absolute atomic E-state index is 14.3. The summed E-state index contributed by atoms with van der Waals surface area (Å²) in [7, 11) is 2.70. The quantitative estimate of drug-likeness (QED) is 0.0416. The van der Waals surface area contributed by atoms with Gasteiger partial charge < -0.3 is 74.5 Å². The number of aliphatic hydroxyl groups excluding tert-OH is 2. The van der Waals surface area contributed by atoms with E-state index in [0.29, 0.717) is 5.56 Å². The number of Topliss-reactive ketones (excluding diaryl/α,β-unsaturated/α-hetero) is 2. The second-order valence-electron chi connectivity index (χ2n) is 25.4. The summed E-state index contributed by atoms with van der Waals surface area (Å²) in [6.07, 6.45) is -12.1. The Kier molecular flexibility index (Phi) is 25.4. The SMILES string of the molecule is C.C.C.C.CCOc1c2c(c(O)c3c1C(=O)c1cccc(OC)c1C3=O)[C@@H](O[C@H]1C[C@H](N)[C@H](O)[C@H](C)O1)C[C@H](C(=O)CO)C2.COc1cccc2c1C(=O)c1c(O)c3c(c(O)c1C2=O)C[C@@H](C(=O)COC(C)(c1ccccc1)c1ccccc1)C[C@@H]3O[C@H]1C[C@H](NC(=O)C(F)(F)F)[C@H](C)[C@H](C)O1. The molecule has 12 atom stereocenters. The fraction of sp³-hybridized carbons (Fsp3) is 0.442. The summed E-state index contributed by atoms with van der Waals surface area (Å²) in [5.74, 6) is -9.28. The first-order chi connectivity index (χ1) is 46.7. The monoisotopic (exact) mass is 1420 g/mol. The van der Waals surface area contributed by atoms with Crippen LogP contribution in [0.4, 0.5) is 13.2 Å². The van der Waals surface area contributed by atoms with Crippen LogP contribution in [0.25, 0.3) is 0 Å². The number of rotatable bonds is 17. The summed E-state index contributed by atoms with van der Waals surface area (Å²) in [4.78, 5) is 94.9. The average Bonchev–Trinajstić information content (AvgIpc) is 0.720. The number of carbonyl (C=O) groups is 7. The Bertz CT molecular complexity index is 4090. The molecule has 0 saturated carbocycles. The summed E-state index contributed by atoms with van der Waals surface area (Å²) in [6.45, 7) is 7.47. The van der Waals surface area contributed by atoms with Gasteiger partial charge in [-0.25, -0.2) is 0 Å². The number of alkyl halides is 3. The van der Waals surface area contributed by atoms with Gasteiger partial charge in [0, 0.05) is 76.1 Å². The zero-order chi connectivity index (χ0) is 70.6. The number of carbonyl (C=O) groups excluding carboxylic acids is 7. The molecular weight excluding hydrogens is 1330 g/mol. The van der Waals surface area contributed by atoms with Crippen molar-refractivity contribution in [3.05, 3.63) is 175 Å². The van der Waals surface area contributed by atoms with Crippen LogP contribution in [0.1, 0.15) is 199 Å². The number of amides is 1. The van der Waals surface area contributed by atoms with Crippen LogP contribution >= 0.6 is 0 Å². The van der Waals surface area contributed by atoms with E-state index in [4.69, 9.17) is 43.6 Å². The van der Waals surface area contributed by atoms with Crippen molar-refractivity contribution >= 4 is 40.6 Å². The summed E-state index contributed by atoms with van der Waals surface area (Å²) in [5, 5.41) is 57.5. The highest BCUT2D eigenvalue weighted by Crippen LogP contribution is 2.55. The molecule has 2 aliphatic heterocycles. The third-order valence-corrected chi connectivity index (χ3v) is 19.7. The predicted octanol–water partition coefficient (Wildman–Crippen LogP) is 11.0. The number of halogens is 3. The molecule has 22 nitrogen and oxygen atoms in total. The number of hydrogen-bond acceptors (Lipinski definition) is 21. The molecule has 25 heteroatoms. The first-order valence-corrected chi connectivity index (χ1v) is 32.2. The van der Waals surface area contributed by atoms with Crippen molar-refractivity contribution in [3.8, 4) is 34.5 Å². The van der Waals surface area contributed by atoms with E-state index >= 15 is 0 Å².